The van der Waals surface area contributed by atoms with Crippen molar-refractivity contribution in [1.82, 2.24) is 15.1 Å². The van der Waals surface area contributed by atoms with Crippen LogP contribution < -0.4 is 5.32 Å². The Morgan fingerprint density at radius 1 is 1.37 bits per heavy atom. The van der Waals surface area contributed by atoms with E-state index in [-0.39, 0.29) is 5.91 Å². The fraction of sp³-hybridized carbons (Fsp3) is 0.286. The Kier molecular flexibility index (Phi) is 2.55. The van der Waals surface area contributed by atoms with Crippen molar-refractivity contribution >= 4 is 17.4 Å². The van der Waals surface area contributed by atoms with Crippen molar-refractivity contribution in [3.05, 3.63) is 40.6 Å². The first-order valence-electron chi connectivity index (χ1n) is 6.24. The van der Waals surface area contributed by atoms with E-state index >= 15 is 0 Å². The van der Waals surface area contributed by atoms with Gasteiger partial charge in [-0.05, 0) is 26.0 Å². The molecule has 1 aromatic heterocycles. The predicted molar refractivity (Wildman–Crippen MR) is 73.6 cm³/mol. The number of hydrogen-bond donors (Lipinski definition) is 2. The Hall–Kier alpha value is -2.30. The van der Waals surface area contributed by atoms with Crippen LogP contribution in [0.3, 0.4) is 0 Å². The van der Waals surface area contributed by atoms with Crippen molar-refractivity contribution in [1.29, 1.82) is 0 Å². The summed E-state index contributed by atoms with van der Waals surface area (Å²) in [5.74, 6) is 0.890. The lowest BCUT2D eigenvalue weighted by molar-refractivity contribution is 0.0816. The Morgan fingerprint density at radius 3 is 2.84 bits per heavy atom. The summed E-state index contributed by atoms with van der Waals surface area (Å²) in [6.07, 6.45) is 0. The molecule has 98 valence electrons. The predicted octanol–water partition coefficient (Wildman–Crippen LogP) is 2.36. The molecular formula is C14H16N4O. The number of carbonyl (C=O) groups excluding carboxylic acids is 1. The minimum atomic E-state index is 0.0774. The summed E-state index contributed by atoms with van der Waals surface area (Å²) < 4.78 is 0. The normalized spacial score (nSPS) is 13.8. The van der Waals surface area contributed by atoms with E-state index < -0.39 is 0 Å². The summed E-state index contributed by atoms with van der Waals surface area (Å²) in [5, 5.41) is 10.5. The lowest BCUT2D eigenvalue weighted by Gasteiger charge is -2.09. The third-order valence-corrected chi connectivity index (χ3v) is 3.65. The van der Waals surface area contributed by atoms with Crippen molar-refractivity contribution in [2.45, 2.75) is 20.4 Å². The number of hydrogen-bond acceptors (Lipinski definition) is 3. The van der Waals surface area contributed by atoms with E-state index in [1.807, 2.05) is 39.1 Å². The fourth-order valence-electron chi connectivity index (χ4n) is 2.32. The molecule has 3 rings (SSSR count). The number of H-pyrrole nitrogens is 1. The van der Waals surface area contributed by atoms with Crippen LogP contribution in [0.4, 0.5) is 11.5 Å². The molecule has 0 spiro atoms. The highest BCUT2D eigenvalue weighted by atomic mass is 16.2. The lowest BCUT2D eigenvalue weighted by Crippen LogP contribution is -2.17. The van der Waals surface area contributed by atoms with Gasteiger partial charge >= 0.3 is 0 Å². The van der Waals surface area contributed by atoms with Gasteiger partial charge in [0.05, 0.1) is 0 Å². The highest BCUT2D eigenvalue weighted by molar-refractivity contribution is 6.00. The maximum absolute atomic E-state index is 11.9. The molecule has 1 aliphatic rings. The number of nitrogens with one attached hydrogen (secondary N) is 2. The van der Waals surface area contributed by atoms with E-state index in [1.165, 1.54) is 0 Å². The molecule has 0 saturated carbocycles. The zero-order valence-electron chi connectivity index (χ0n) is 11.2. The van der Waals surface area contributed by atoms with Gasteiger partial charge in [0.2, 0.25) is 0 Å². The van der Waals surface area contributed by atoms with Crippen LogP contribution in [-0.2, 0) is 6.54 Å². The zero-order chi connectivity index (χ0) is 13.6. The molecular weight excluding hydrogens is 240 g/mol. The number of rotatable bonds is 2. The highest BCUT2D eigenvalue weighted by Gasteiger charge is 2.26. The fourth-order valence-corrected chi connectivity index (χ4v) is 2.32. The molecule has 0 unspecified atom stereocenters. The van der Waals surface area contributed by atoms with Crippen LogP contribution in [0.25, 0.3) is 0 Å². The van der Waals surface area contributed by atoms with E-state index in [0.717, 1.165) is 33.9 Å². The number of aromatic nitrogens is 2. The van der Waals surface area contributed by atoms with Crippen LogP contribution >= 0.6 is 0 Å². The van der Waals surface area contributed by atoms with Crippen molar-refractivity contribution in [3.8, 4) is 0 Å². The third kappa shape index (κ3) is 1.78. The van der Waals surface area contributed by atoms with Crippen molar-refractivity contribution < 1.29 is 4.79 Å². The van der Waals surface area contributed by atoms with Crippen LogP contribution in [0.1, 0.15) is 27.2 Å². The Bertz CT molecular complexity index is 659. The minimum Gasteiger partial charge on any atom is -0.338 e. The number of anilines is 2. The molecule has 1 amide bonds. The lowest BCUT2D eigenvalue weighted by atomic mass is 10.1. The molecule has 0 radical (unpaired) electrons. The van der Waals surface area contributed by atoms with E-state index in [9.17, 15) is 4.79 Å². The maximum Gasteiger partial charge on any atom is 0.254 e. The largest absolute Gasteiger partial charge is 0.338 e. The summed E-state index contributed by atoms with van der Waals surface area (Å²) in [6.45, 7) is 4.64. The second-order valence-corrected chi connectivity index (χ2v) is 4.94. The zero-order valence-corrected chi connectivity index (χ0v) is 11.2. The monoisotopic (exact) mass is 256 g/mol. The Balaban J connectivity index is 2.00. The summed E-state index contributed by atoms with van der Waals surface area (Å²) in [6, 6.07) is 5.75. The molecule has 2 heterocycles. The molecule has 2 N–H and O–H groups in total. The van der Waals surface area contributed by atoms with Crippen LogP contribution in [0.5, 0.6) is 0 Å². The summed E-state index contributed by atoms with van der Waals surface area (Å²) in [7, 11) is 1.82. The van der Waals surface area contributed by atoms with Gasteiger partial charge in [0, 0.05) is 41.7 Å². The molecule has 0 bridgehead atoms. The van der Waals surface area contributed by atoms with E-state index in [1.54, 1.807) is 4.90 Å². The summed E-state index contributed by atoms with van der Waals surface area (Å²) in [5.41, 5.74) is 4.90. The topological polar surface area (TPSA) is 61.0 Å². The average Bonchev–Trinajstić information content (AvgIpc) is 2.86. The third-order valence-electron chi connectivity index (χ3n) is 3.65. The van der Waals surface area contributed by atoms with Crippen molar-refractivity contribution in [2.24, 2.45) is 0 Å². The van der Waals surface area contributed by atoms with Crippen molar-refractivity contribution in [3.63, 3.8) is 0 Å². The first-order valence-corrected chi connectivity index (χ1v) is 6.24. The minimum absolute atomic E-state index is 0.0774. The van der Waals surface area contributed by atoms with Gasteiger partial charge in [-0.1, -0.05) is 6.07 Å². The molecule has 5 heteroatoms. The van der Waals surface area contributed by atoms with Gasteiger partial charge in [0.1, 0.15) is 0 Å². The molecule has 0 saturated heterocycles. The van der Waals surface area contributed by atoms with Gasteiger partial charge in [0.15, 0.2) is 5.82 Å². The van der Waals surface area contributed by atoms with Crippen LogP contribution in [0, 0.1) is 13.8 Å². The highest BCUT2D eigenvalue weighted by Crippen LogP contribution is 2.30. The first-order chi connectivity index (χ1) is 9.08. The van der Waals surface area contributed by atoms with Gasteiger partial charge < -0.3 is 10.2 Å². The number of nitrogens with zero attached hydrogens (tertiary/aromatic N) is 2. The number of carbonyl (C=O) groups is 1. The number of aryl methyl sites for hydroxylation is 1. The smallest absolute Gasteiger partial charge is 0.254 e. The molecule has 0 atom stereocenters. The molecule has 1 aromatic carbocycles. The molecule has 0 fully saturated rings. The first kappa shape index (κ1) is 11.8. The summed E-state index contributed by atoms with van der Waals surface area (Å²) >= 11 is 0. The number of benzene rings is 1. The van der Waals surface area contributed by atoms with E-state index in [0.29, 0.717) is 6.54 Å². The van der Waals surface area contributed by atoms with Gasteiger partial charge in [0.25, 0.3) is 5.91 Å². The molecule has 0 aliphatic carbocycles. The number of amides is 1. The average molecular weight is 256 g/mol. The van der Waals surface area contributed by atoms with Gasteiger partial charge in [-0.25, -0.2) is 0 Å². The van der Waals surface area contributed by atoms with Crippen LogP contribution in [0.2, 0.25) is 0 Å². The maximum atomic E-state index is 11.9. The van der Waals surface area contributed by atoms with E-state index in [2.05, 4.69) is 15.5 Å². The molecule has 1 aliphatic heterocycles. The molecule has 2 aromatic rings. The SMILES string of the molecule is Cc1[nH]nc(Nc2cccc3c2CN(C)C3=O)c1C. The second-order valence-electron chi connectivity index (χ2n) is 4.94. The quantitative estimate of drug-likeness (QED) is 0.867. The van der Waals surface area contributed by atoms with Crippen molar-refractivity contribution in [2.75, 3.05) is 12.4 Å². The molecule has 5 nitrogen and oxygen atoms in total. The van der Waals surface area contributed by atoms with E-state index in [4.69, 9.17) is 0 Å². The summed E-state index contributed by atoms with van der Waals surface area (Å²) in [4.78, 5) is 13.7. The Morgan fingerprint density at radius 2 is 2.16 bits per heavy atom. The van der Waals surface area contributed by atoms with Gasteiger partial charge in [-0.3, -0.25) is 9.89 Å². The van der Waals surface area contributed by atoms with Gasteiger partial charge in [-0.2, -0.15) is 5.10 Å². The number of fused-ring (bicyclic) bond motifs is 1. The second kappa shape index (κ2) is 4.12. The van der Waals surface area contributed by atoms with Crippen LogP contribution in [0.15, 0.2) is 18.2 Å². The number of aromatic amines is 1. The standard InChI is InChI=1S/C14H16N4O/c1-8-9(2)16-17-13(8)15-12-6-4-5-10-11(12)7-18(3)14(10)19/h4-6H,7H2,1-3H3,(H2,15,16,17). The van der Waals surface area contributed by atoms with Crippen LogP contribution in [-0.4, -0.2) is 28.1 Å². The van der Waals surface area contributed by atoms with Gasteiger partial charge in [-0.15, -0.1) is 0 Å². The Labute approximate surface area is 111 Å². The molecule has 19 heavy (non-hydrogen) atoms.